The average Bonchev–Trinajstić information content (AvgIpc) is 3.03. The van der Waals surface area contributed by atoms with Gasteiger partial charge in [0.15, 0.2) is 11.6 Å². The van der Waals surface area contributed by atoms with Crippen molar-refractivity contribution < 1.29 is 13.2 Å². The lowest BCUT2D eigenvalue weighted by molar-refractivity contribution is 0.419. The van der Waals surface area contributed by atoms with Crippen molar-refractivity contribution in [1.29, 1.82) is 5.26 Å². The lowest BCUT2D eigenvalue weighted by Crippen LogP contribution is -2.30. The average molecular weight is 386 g/mol. The van der Waals surface area contributed by atoms with E-state index in [4.69, 9.17) is 4.74 Å². The van der Waals surface area contributed by atoms with E-state index in [0.29, 0.717) is 17.1 Å². The smallest absolute Gasteiger partial charge is 0.302 e. The van der Waals surface area contributed by atoms with E-state index in [-0.39, 0.29) is 11.4 Å². The van der Waals surface area contributed by atoms with Gasteiger partial charge in [-0.25, -0.2) is 4.98 Å². The monoisotopic (exact) mass is 386 g/mol. The molecule has 0 saturated carbocycles. The number of hydrogen-bond acceptors (Lipinski definition) is 6. The van der Waals surface area contributed by atoms with Crippen molar-refractivity contribution in [1.82, 2.24) is 19.1 Å². The van der Waals surface area contributed by atoms with Crippen LogP contribution in [0.4, 0.5) is 5.82 Å². The minimum Gasteiger partial charge on any atom is -0.494 e. The number of benzene rings is 1. The fourth-order valence-electron chi connectivity index (χ4n) is 2.56. The minimum atomic E-state index is -3.83. The zero-order valence-corrected chi connectivity index (χ0v) is 16.1. The summed E-state index contributed by atoms with van der Waals surface area (Å²) in [5.74, 6) is 0.968. The van der Waals surface area contributed by atoms with Crippen LogP contribution in [0.15, 0.2) is 30.5 Å². The summed E-state index contributed by atoms with van der Waals surface area (Å²) < 4.78 is 34.6. The highest BCUT2D eigenvalue weighted by molar-refractivity contribution is 7.90. The van der Waals surface area contributed by atoms with Crippen LogP contribution >= 0.6 is 0 Å². The van der Waals surface area contributed by atoms with Gasteiger partial charge in [0, 0.05) is 19.5 Å². The molecule has 0 radical (unpaired) electrons. The van der Waals surface area contributed by atoms with Gasteiger partial charge in [0.05, 0.1) is 13.3 Å². The molecule has 2 heterocycles. The van der Waals surface area contributed by atoms with Crippen LogP contribution in [0.1, 0.15) is 11.1 Å². The Morgan fingerprint density at radius 2 is 2.07 bits per heavy atom. The number of nitrogens with one attached hydrogen (secondary N) is 1. The molecule has 2 aromatic heterocycles. The summed E-state index contributed by atoms with van der Waals surface area (Å²) in [6, 6.07) is 9.29. The van der Waals surface area contributed by atoms with Crippen molar-refractivity contribution in [2.45, 2.75) is 6.92 Å². The molecule has 1 N–H and O–H groups in total. The topological polar surface area (TPSA) is 113 Å². The Morgan fingerprint density at radius 1 is 1.33 bits per heavy atom. The van der Waals surface area contributed by atoms with Crippen molar-refractivity contribution in [2.24, 2.45) is 0 Å². The molecule has 3 rings (SSSR count). The van der Waals surface area contributed by atoms with E-state index in [1.54, 1.807) is 19.2 Å². The van der Waals surface area contributed by atoms with Gasteiger partial charge in [0.25, 0.3) is 0 Å². The predicted octanol–water partition coefficient (Wildman–Crippen LogP) is 1.83. The quantitative estimate of drug-likeness (QED) is 0.716. The maximum Gasteiger partial charge on any atom is 0.302 e. The lowest BCUT2D eigenvalue weighted by Gasteiger charge is -2.15. The highest BCUT2D eigenvalue weighted by Crippen LogP contribution is 2.29. The molecule has 0 atom stereocenters. The molecular weight excluding hydrogens is 368 g/mol. The summed E-state index contributed by atoms with van der Waals surface area (Å²) in [6.07, 6.45) is 1.29. The summed E-state index contributed by atoms with van der Waals surface area (Å²) in [5.41, 5.74) is 1.61. The number of para-hydroxylation sites is 1. The van der Waals surface area contributed by atoms with Gasteiger partial charge in [-0.1, -0.05) is 12.1 Å². The largest absolute Gasteiger partial charge is 0.494 e. The summed E-state index contributed by atoms with van der Waals surface area (Å²) in [6.45, 7) is 1.91. The predicted molar refractivity (Wildman–Crippen MR) is 101 cm³/mol. The second-order valence-electron chi connectivity index (χ2n) is 5.97. The number of anilines is 1. The molecular formula is C17H18N6O3S. The van der Waals surface area contributed by atoms with Crippen LogP contribution in [0.3, 0.4) is 0 Å². The number of aromatic nitrogens is 3. The third kappa shape index (κ3) is 3.30. The Bertz CT molecular complexity index is 1160. The number of rotatable bonds is 5. The van der Waals surface area contributed by atoms with E-state index in [1.807, 2.05) is 25.1 Å². The number of ether oxygens (including phenoxy) is 1. The highest BCUT2D eigenvalue weighted by atomic mass is 32.2. The SMILES string of the molecule is COc1cccc2c(C)cc(-n3ncc(C#N)c3NS(=O)(=O)N(C)C)nc12. The lowest BCUT2D eigenvalue weighted by atomic mass is 10.1. The number of fused-ring (bicyclic) bond motifs is 1. The maximum absolute atomic E-state index is 12.3. The normalized spacial score (nSPS) is 11.6. The van der Waals surface area contributed by atoms with E-state index in [1.165, 1.54) is 25.0 Å². The molecule has 0 aliphatic rings. The summed E-state index contributed by atoms with van der Waals surface area (Å²) >= 11 is 0. The minimum absolute atomic E-state index is 0.0207. The fourth-order valence-corrected chi connectivity index (χ4v) is 3.19. The Hall–Kier alpha value is -3.16. The van der Waals surface area contributed by atoms with Gasteiger partial charge < -0.3 is 4.74 Å². The van der Waals surface area contributed by atoms with Crippen LogP contribution in [0, 0.1) is 18.3 Å². The Balaban J connectivity index is 2.24. The fraction of sp³-hybridized carbons (Fsp3) is 0.235. The zero-order chi connectivity index (χ0) is 19.8. The molecule has 0 bridgehead atoms. The Labute approximate surface area is 157 Å². The third-order valence-corrected chi connectivity index (χ3v) is 5.44. The van der Waals surface area contributed by atoms with Crippen LogP contribution in [0.5, 0.6) is 5.75 Å². The van der Waals surface area contributed by atoms with Gasteiger partial charge in [0.1, 0.15) is 22.9 Å². The molecule has 0 aliphatic heterocycles. The van der Waals surface area contributed by atoms with Crippen molar-refractivity contribution in [2.75, 3.05) is 25.9 Å². The second kappa shape index (κ2) is 6.86. The van der Waals surface area contributed by atoms with Gasteiger partial charge >= 0.3 is 10.2 Å². The van der Waals surface area contributed by atoms with Gasteiger partial charge in [-0.2, -0.15) is 27.8 Å². The molecule has 140 valence electrons. The first kappa shape index (κ1) is 18.6. The molecule has 0 unspecified atom stereocenters. The van der Waals surface area contributed by atoms with Crippen molar-refractivity contribution in [3.63, 3.8) is 0 Å². The van der Waals surface area contributed by atoms with Crippen molar-refractivity contribution in [3.05, 3.63) is 41.6 Å². The first-order valence-corrected chi connectivity index (χ1v) is 9.35. The van der Waals surface area contributed by atoms with E-state index < -0.39 is 10.2 Å². The standard InChI is InChI=1S/C17H18N6O3S/c1-11-8-15(20-16-13(11)6-5-7-14(16)26-4)23-17(12(9-18)10-19-23)21-27(24,25)22(2)3/h5-8,10,21H,1-4H3. The number of nitrogens with zero attached hydrogens (tertiary/aromatic N) is 5. The molecule has 3 aromatic rings. The van der Waals surface area contributed by atoms with Crippen LogP contribution < -0.4 is 9.46 Å². The zero-order valence-electron chi connectivity index (χ0n) is 15.3. The molecule has 0 aliphatic carbocycles. The molecule has 0 spiro atoms. The van der Waals surface area contributed by atoms with Gasteiger partial charge in [-0.05, 0) is 24.6 Å². The van der Waals surface area contributed by atoms with Crippen LogP contribution in [-0.2, 0) is 10.2 Å². The molecule has 0 fully saturated rings. The summed E-state index contributed by atoms with van der Waals surface area (Å²) in [5, 5.41) is 14.4. The molecule has 10 heteroatoms. The van der Waals surface area contributed by atoms with Crippen LogP contribution in [0.2, 0.25) is 0 Å². The number of nitriles is 1. The first-order chi connectivity index (χ1) is 12.8. The Kier molecular flexibility index (Phi) is 4.73. The molecule has 27 heavy (non-hydrogen) atoms. The third-order valence-electron chi connectivity index (χ3n) is 4.03. The number of aryl methyl sites for hydroxylation is 1. The van der Waals surface area contributed by atoms with Gasteiger partial charge in [0.2, 0.25) is 0 Å². The van der Waals surface area contributed by atoms with Crippen molar-refractivity contribution in [3.8, 4) is 17.6 Å². The molecule has 1 aromatic carbocycles. The molecule has 0 saturated heterocycles. The van der Waals surface area contributed by atoms with Crippen LogP contribution in [-0.4, -0.2) is 48.7 Å². The summed E-state index contributed by atoms with van der Waals surface area (Å²) in [7, 11) is 0.496. The number of pyridine rings is 1. The molecule has 0 amide bonds. The number of hydrogen-bond donors (Lipinski definition) is 1. The van der Waals surface area contributed by atoms with E-state index in [9.17, 15) is 13.7 Å². The van der Waals surface area contributed by atoms with E-state index in [2.05, 4.69) is 14.8 Å². The summed E-state index contributed by atoms with van der Waals surface area (Å²) in [4.78, 5) is 4.58. The van der Waals surface area contributed by atoms with E-state index >= 15 is 0 Å². The Morgan fingerprint density at radius 3 is 2.70 bits per heavy atom. The maximum atomic E-state index is 12.3. The first-order valence-electron chi connectivity index (χ1n) is 7.91. The number of methoxy groups -OCH3 is 1. The van der Waals surface area contributed by atoms with E-state index in [0.717, 1.165) is 15.3 Å². The van der Waals surface area contributed by atoms with Gasteiger partial charge in [-0.15, -0.1) is 0 Å². The second-order valence-corrected chi connectivity index (χ2v) is 7.86. The van der Waals surface area contributed by atoms with Gasteiger partial charge in [-0.3, -0.25) is 4.72 Å². The molecule has 9 nitrogen and oxygen atoms in total. The highest BCUT2D eigenvalue weighted by Gasteiger charge is 2.21. The van der Waals surface area contributed by atoms with Crippen LogP contribution in [0.25, 0.3) is 16.7 Å². The van der Waals surface area contributed by atoms with Crippen molar-refractivity contribution >= 4 is 26.9 Å².